The van der Waals surface area contributed by atoms with E-state index < -0.39 is 5.60 Å². The van der Waals surface area contributed by atoms with Crippen molar-refractivity contribution < 1.29 is 19.1 Å². The van der Waals surface area contributed by atoms with Crippen LogP contribution in [0.2, 0.25) is 0 Å². The zero-order valence-corrected chi connectivity index (χ0v) is 19.8. The third-order valence-corrected chi connectivity index (χ3v) is 6.05. The Morgan fingerprint density at radius 2 is 1.67 bits per heavy atom. The lowest BCUT2D eigenvalue weighted by molar-refractivity contribution is 0.0264. The molecule has 0 bridgehead atoms. The second-order valence-corrected chi connectivity index (χ2v) is 9.76. The molecule has 176 valence electrons. The third kappa shape index (κ3) is 5.30. The molecule has 7 heteroatoms. The summed E-state index contributed by atoms with van der Waals surface area (Å²) in [6.07, 6.45) is -0.689. The van der Waals surface area contributed by atoms with Crippen LogP contribution < -0.4 is 5.32 Å². The van der Waals surface area contributed by atoms with E-state index in [4.69, 9.17) is 9.47 Å². The van der Waals surface area contributed by atoms with Crippen LogP contribution in [0, 0.1) is 0 Å². The minimum atomic E-state index is -0.543. The van der Waals surface area contributed by atoms with Crippen LogP contribution >= 0.6 is 0 Å². The van der Waals surface area contributed by atoms with E-state index in [0.717, 1.165) is 0 Å². The van der Waals surface area contributed by atoms with E-state index in [1.807, 2.05) is 45.0 Å². The summed E-state index contributed by atoms with van der Waals surface area (Å²) in [5, 5.41) is 3.38. The van der Waals surface area contributed by atoms with Gasteiger partial charge < -0.3 is 24.6 Å². The van der Waals surface area contributed by atoms with E-state index in [0.29, 0.717) is 32.8 Å². The normalized spacial score (nSPS) is 17.8. The molecule has 1 aliphatic heterocycles. The van der Waals surface area contributed by atoms with E-state index in [1.165, 1.54) is 22.3 Å². The number of hydrogen-bond acceptors (Lipinski definition) is 5. The lowest BCUT2D eigenvalue weighted by Crippen LogP contribution is -2.56. The van der Waals surface area contributed by atoms with Crippen LogP contribution in [0.15, 0.2) is 48.5 Å². The molecule has 2 amide bonds. The van der Waals surface area contributed by atoms with Crippen molar-refractivity contribution in [3.63, 3.8) is 0 Å². The highest BCUT2D eigenvalue weighted by Crippen LogP contribution is 2.44. The molecule has 2 aromatic rings. The molecule has 1 atom stereocenters. The monoisotopic (exact) mass is 451 g/mol. The van der Waals surface area contributed by atoms with Crippen LogP contribution in [0.3, 0.4) is 0 Å². The Morgan fingerprint density at radius 3 is 2.27 bits per heavy atom. The minimum absolute atomic E-state index is 0.0402. The third-order valence-electron chi connectivity index (χ3n) is 6.05. The molecule has 1 aliphatic carbocycles. The van der Waals surface area contributed by atoms with Crippen LogP contribution in [-0.4, -0.2) is 73.5 Å². The molecule has 7 nitrogen and oxygen atoms in total. The number of hydrogen-bond donors (Lipinski definition) is 1. The Hall–Kier alpha value is -3.06. The largest absolute Gasteiger partial charge is 0.448 e. The van der Waals surface area contributed by atoms with Gasteiger partial charge in [-0.05, 0) is 43.0 Å². The highest BCUT2D eigenvalue weighted by molar-refractivity contribution is 5.79. The van der Waals surface area contributed by atoms with Gasteiger partial charge in [0.05, 0.1) is 0 Å². The van der Waals surface area contributed by atoms with Crippen LogP contribution in [-0.2, 0) is 9.47 Å². The van der Waals surface area contributed by atoms with Gasteiger partial charge >= 0.3 is 12.2 Å². The second-order valence-electron chi connectivity index (χ2n) is 9.76. The van der Waals surface area contributed by atoms with Gasteiger partial charge in [0.1, 0.15) is 12.2 Å². The zero-order chi connectivity index (χ0) is 23.6. The first-order chi connectivity index (χ1) is 15.7. The average Bonchev–Trinajstić information content (AvgIpc) is 3.10. The van der Waals surface area contributed by atoms with Crippen molar-refractivity contribution >= 4 is 12.2 Å². The molecule has 0 saturated carbocycles. The predicted molar refractivity (Wildman–Crippen MR) is 127 cm³/mol. The van der Waals surface area contributed by atoms with Crippen LogP contribution in [0.1, 0.15) is 37.8 Å². The standard InChI is InChI=1S/C26H33N3O4/c1-26(2,3)33-24(30)28(4)15-18-16-29(14-13-27-18)25(31)32-17-23-21-11-7-5-9-19(21)20-10-6-8-12-22(20)23/h5-12,18,23,27H,13-17H2,1-4H3/t18-/m0/s1. The lowest BCUT2D eigenvalue weighted by Gasteiger charge is -2.35. The summed E-state index contributed by atoms with van der Waals surface area (Å²) in [5.41, 5.74) is 4.27. The van der Waals surface area contributed by atoms with Gasteiger partial charge in [0, 0.05) is 45.2 Å². The number of fused-ring (bicyclic) bond motifs is 3. The van der Waals surface area contributed by atoms with Gasteiger partial charge in [0.15, 0.2) is 0 Å². The van der Waals surface area contributed by atoms with Crippen LogP contribution in [0.5, 0.6) is 0 Å². The Labute approximate surface area is 195 Å². The molecule has 2 aromatic carbocycles. The number of carbonyl (C=O) groups is 2. The van der Waals surface area contributed by atoms with Gasteiger partial charge in [-0.2, -0.15) is 0 Å². The number of nitrogens with zero attached hydrogens (tertiary/aromatic N) is 2. The Kier molecular flexibility index (Phi) is 6.61. The van der Waals surface area contributed by atoms with Crippen molar-refractivity contribution in [3.05, 3.63) is 59.7 Å². The number of carbonyl (C=O) groups excluding carboxylic acids is 2. The summed E-state index contributed by atoms with van der Waals surface area (Å²) < 4.78 is 11.2. The van der Waals surface area contributed by atoms with Gasteiger partial charge in [-0.3, -0.25) is 0 Å². The molecular weight excluding hydrogens is 418 g/mol. The van der Waals surface area contributed by atoms with E-state index in [9.17, 15) is 9.59 Å². The molecule has 1 fully saturated rings. The molecule has 4 rings (SSSR count). The van der Waals surface area contributed by atoms with Gasteiger partial charge in [-0.15, -0.1) is 0 Å². The van der Waals surface area contributed by atoms with Crippen molar-refractivity contribution in [1.29, 1.82) is 0 Å². The number of ether oxygens (including phenoxy) is 2. The fraction of sp³-hybridized carbons (Fsp3) is 0.462. The molecule has 0 unspecified atom stereocenters. The van der Waals surface area contributed by atoms with Gasteiger partial charge in [0.25, 0.3) is 0 Å². The number of rotatable bonds is 4. The highest BCUT2D eigenvalue weighted by Gasteiger charge is 2.31. The highest BCUT2D eigenvalue weighted by atomic mass is 16.6. The van der Waals surface area contributed by atoms with Crippen LogP contribution in [0.25, 0.3) is 11.1 Å². The van der Waals surface area contributed by atoms with Crippen molar-refractivity contribution in [2.75, 3.05) is 39.8 Å². The van der Waals surface area contributed by atoms with Gasteiger partial charge in [-0.1, -0.05) is 48.5 Å². The zero-order valence-electron chi connectivity index (χ0n) is 19.8. The van der Waals surface area contributed by atoms with E-state index in [1.54, 1.807) is 16.8 Å². The number of amides is 2. The first-order valence-corrected chi connectivity index (χ1v) is 11.5. The SMILES string of the molecule is CN(C[C@H]1CN(C(=O)OCC2c3ccccc3-c3ccccc32)CCN1)C(=O)OC(C)(C)C. The minimum Gasteiger partial charge on any atom is -0.448 e. The van der Waals surface area contributed by atoms with Crippen molar-refractivity contribution in [2.24, 2.45) is 0 Å². The first kappa shape index (κ1) is 23.1. The van der Waals surface area contributed by atoms with Crippen LogP contribution in [0.4, 0.5) is 9.59 Å². The average molecular weight is 452 g/mol. The molecule has 1 N–H and O–H groups in total. The lowest BCUT2D eigenvalue weighted by atomic mass is 9.98. The summed E-state index contributed by atoms with van der Waals surface area (Å²) in [4.78, 5) is 28.4. The summed E-state index contributed by atoms with van der Waals surface area (Å²) in [6, 6.07) is 16.6. The summed E-state index contributed by atoms with van der Waals surface area (Å²) in [6.45, 7) is 7.98. The smallest absolute Gasteiger partial charge is 0.410 e. The maximum absolute atomic E-state index is 12.9. The van der Waals surface area contributed by atoms with Gasteiger partial charge in [-0.25, -0.2) is 9.59 Å². The molecule has 1 heterocycles. The molecular formula is C26H33N3O4. The molecule has 2 aliphatic rings. The molecule has 0 radical (unpaired) electrons. The Bertz CT molecular complexity index is 971. The predicted octanol–water partition coefficient (Wildman–Crippen LogP) is 4.08. The summed E-state index contributed by atoms with van der Waals surface area (Å²) in [5.74, 6) is 0.0402. The maximum Gasteiger partial charge on any atom is 0.410 e. The quantitative estimate of drug-likeness (QED) is 0.759. The van der Waals surface area contributed by atoms with Crippen molar-refractivity contribution in [1.82, 2.24) is 15.1 Å². The second kappa shape index (κ2) is 9.43. The Morgan fingerprint density at radius 1 is 1.06 bits per heavy atom. The summed E-state index contributed by atoms with van der Waals surface area (Å²) in [7, 11) is 1.71. The number of piperazine rings is 1. The van der Waals surface area contributed by atoms with Crippen molar-refractivity contribution in [2.45, 2.75) is 38.3 Å². The van der Waals surface area contributed by atoms with Crippen molar-refractivity contribution in [3.8, 4) is 11.1 Å². The fourth-order valence-electron chi connectivity index (χ4n) is 4.54. The summed E-state index contributed by atoms with van der Waals surface area (Å²) >= 11 is 0. The first-order valence-electron chi connectivity index (χ1n) is 11.5. The topological polar surface area (TPSA) is 71.1 Å². The maximum atomic E-state index is 12.9. The molecule has 33 heavy (non-hydrogen) atoms. The fourth-order valence-corrected chi connectivity index (χ4v) is 4.54. The van der Waals surface area contributed by atoms with E-state index in [2.05, 4.69) is 29.6 Å². The molecule has 0 aromatic heterocycles. The van der Waals surface area contributed by atoms with E-state index >= 15 is 0 Å². The van der Waals surface area contributed by atoms with Gasteiger partial charge in [0.2, 0.25) is 0 Å². The van der Waals surface area contributed by atoms with E-state index in [-0.39, 0.29) is 24.1 Å². The number of likely N-dealkylation sites (N-methyl/N-ethyl adjacent to an activating group) is 1. The number of nitrogens with one attached hydrogen (secondary N) is 1. The molecule has 0 spiro atoms. The Balaban J connectivity index is 1.34. The molecule has 1 saturated heterocycles. The number of benzene rings is 2.